The number of carbonyl (C=O) groups is 3. The maximum absolute atomic E-state index is 14.2. The second kappa shape index (κ2) is 10.5. The first-order chi connectivity index (χ1) is 18.9. The van der Waals surface area contributed by atoms with Crippen LogP contribution in [0.25, 0.3) is 0 Å². The molecule has 2 saturated heterocycles. The molecule has 204 valence electrons. The SMILES string of the molecule is CSc1cccc(NC(=O)[C@@H]2[C@@H]3C=C[C@]4(O3)[C@@H]2C(=O)N(Cc2ccc(C)cc2)[C@@H]4C(=O)NC2CCCCC2)c1. The van der Waals surface area contributed by atoms with E-state index in [1.54, 1.807) is 16.7 Å². The highest BCUT2D eigenvalue weighted by molar-refractivity contribution is 7.98. The highest BCUT2D eigenvalue weighted by Gasteiger charge is 2.72. The molecule has 3 fully saturated rings. The summed E-state index contributed by atoms with van der Waals surface area (Å²) in [4.78, 5) is 44.5. The van der Waals surface area contributed by atoms with Crippen LogP contribution in [0.2, 0.25) is 0 Å². The molecule has 3 heterocycles. The molecular formula is C31H35N3O4S. The van der Waals surface area contributed by atoms with E-state index in [9.17, 15) is 14.4 Å². The zero-order valence-electron chi connectivity index (χ0n) is 22.4. The first kappa shape index (κ1) is 26.1. The van der Waals surface area contributed by atoms with Crippen LogP contribution in [-0.4, -0.2) is 52.7 Å². The molecule has 5 atom stereocenters. The number of aryl methyl sites for hydroxylation is 1. The fourth-order valence-corrected chi connectivity index (χ4v) is 7.24. The second-order valence-electron chi connectivity index (χ2n) is 11.2. The quantitative estimate of drug-likeness (QED) is 0.396. The molecule has 2 aromatic rings. The fraction of sp³-hybridized carbons (Fsp3) is 0.452. The predicted molar refractivity (Wildman–Crippen MR) is 151 cm³/mol. The van der Waals surface area contributed by atoms with Crippen molar-refractivity contribution in [2.45, 2.75) is 74.3 Å². The highest BCUT2D eigenvalue weighted by Crippen LogP contribution is 2.55. The number of thioether (sulfide) groups is 1. The lowest BCUT2D eigenvalue weighted by molar-refractivity contribution is -0.142. The Balaban J connectivity index is 1.32. The zero-order valence-corrected chi connectivity index (χ0v) is 23.2. The first-order valence-corrected chi connectivity index (χ1v) is 15.1. The first-order valence-electron chi connectivity index (χ1n) is 13.9. The highest BCUT2D eigenvalue weighted by atomic mass is 32.2. The van der Waals surface area contributed by atoms with Crippen LogP contribution in [0.4, 0.5) is 5.69 Å². The summed E-state index contributed by atoms with van der Waals surface area (Å²) in [5.74, 6) is -2.13. The summed E-state index contributed by atoms with van der Waals surface area (Å²) in [5.41, 5.74) is 1.59. The average Bonchev–Trinajstić information content (AvgIpc) is 3.58. The second-order valence-corrected chi connectivity index (χ2v) is 12.1. The average molecular weight is 546 g/mol. The summed E-state index contributed by atoms with van der Waals surface area (Å²) in [5, 5.41) is 6.26. The van der Waals surface area contributed by atoms with Crippen molar-refractivity contribution in [3.8, 4) is 0 Å². The van der Waals surface area contributed by atoms with Gasteiger partial charge in [-0.05, 0) is 49.8 Å². The van der Waals surface area contributed by atoms with Crippen LogP contribution in [0.15, 0.2) is 65.6 Å². The lowest BCUT2D eigenvalue weighted by atomic mass is 9.74. The molecule has 6 rings (SSSR count). The van der Waals surface area contributed by atoms with Gasteiger partial charge in [-0.1, -0.05) is 67.3 Å². The van der Waals surface area contributed by atoms with Gasteiger partial charge in [0.25, 0.3) is 0 Å². The summed E-state index contributed by atoms with van der Waals surface area (Å²) in [6.07, 6.45) is 10.4. The molecule has 0 radical (unpaired) electrons. The maximum atomic E-state index is 14.2. The van der Waals surface area contributed by atoms with Crippen molar-refractivity contribution < 1.29 is 19.1 Å². The minimum absolute atomic E-state index is 0.100. The van der Waals surface area contributed by atoms with Gasteiger partial charge in [-0.2, -0.15) is 0 Å². The van der Waals surface area contributed by atoms with Gasteiger partial charge in [0.2, 0.25) is 17.7 Å². The smallest absolute Gasteiger partial charge is 0.246 e. The van der Waals surface area contributed by atoms with Crippen LogP contribution < -0.4 is 10.6 Å². The molecule has 7 nitrogen and oxygen atoms in total. The van der Waals surface area contributed by atoms with E-state index in [1.165, 1.54) is 6.42 Å². The molecule has 3 aliphatic heterocycles. The van der Waals surface area contributed by atoms with Gasteiger partial charge in [0.05, 0.1) is 17.9 Å². The van der Waals surface area contributed by atoms with Gasteiger partial charge in [0.1, 0.15) is 11.6 Å². The molecule has 2 aromatic carbocycles. The van der Waals surface area contributed by atoms with E-state index in [2.05, 4.69) is 10.6 Å². The molecule has 1 aliphatic carbocycles. The number of hydrogen-bond donors (Lipinski definition) is 2. The van der Waals surface area contributed by atoms with E-state index in [1.807, 2.05) is 73.9 Å². The molecule has 8 heteroatoms. The lowest BCUT2D eigenvalue weighted by Crippen LogP contribution is -2.56. The fourth-order valence-electron chi connectivity index (χ4n) is 6.78. The molecule has 0 aromatic heterocycles. The van der Waals surface area contributed by atoms with Crippen molar-refractivity contribution in [2.75, 3.05) is 11.6 Å². The number of rotatable bonds is 7. The number of likely N-dealkylation sites (tertiary alicyclic amines) is 1. The number of benzene rings is 2. The van der Waals surface area contributed by atoms with Gasteiger partial charge in [-0.25, -0.2) is 0 Å². The molecule has 3 amide bonds. The van der Waals surface area contributed by atoms with E-state index in [0.29, 0.717) is 5.69 Å². The monoisotopic (exact) mass is 545 g/mol. The molecule has 1 spiro atoms. The van der Waals surface area contributed by atoms with Gasteiger partial charge in [-0.15, -0.1) is 11.8 Å². The standard InChI is InChI=1S/C31H35N3O4S/c1-19-11-13-20(14-12-19)18-34-27(29(36)32-21-7-4-3-5-8-21)31-16-15-24(38-31)25(26(31)30(34)37)28(35)33-22-9-6-10-23(17-22)39-2/h6,9-17,21,24-27H,3-5,7-8,18H2,1-2H3,(H,32,36)(H,33,35)/t24-,25+,26-,27+,31-/m0/s1. The van der Waals surface area contributed by atoms with Crippen LogP contribution in [0.1, 0.15) is 43.2 Å². The number of amides is 3. The normalized spacial score (nSPS) is 29.5. The van der Waals surface area contributed by atoms with Gasteiger partial charge in [0, 0.05) is 23.2 Å². The maximum Gasteiger partial charge on any atom is 0.246 e. The van der Waals surface area contributed by atoms with Crippen molar-refractivity contribution in [1.29, 1.82) is 0 Å². The van der Waals surface area contributed by atoms with Crippen LogP contribution in [0, 0.1) is 18.8 Å². The molecule has 1 saturated carbocycles. The third-order valence-electron chi connectivity index (χ3n) is 8.69. The van der Waals surface area contributed by atoms with E-state index in [4.69, 9.17) is 4.74 Å². The lowest BCUT2D eigenvalue weighted by Gasteiger charge is -2.34. The topological polar surface area (TPSA) is 87.7 Å². The van der Waals surface area contributed by atoms with Crippen molar-refractivity contribution in [1.82, 2.24) is 10.2 Å². The van der Waals surface area contributed by atoms with Gasteiger partial charge >= 0.3 is 0 Å². The number of hydrogen-bond acceptors (Lipinski definition) is 5. The Hall–Kier alpha value is -3.10. The minimum Gasteiger partial charge on any atom is -0.359 e. The Morgan fingerprint density at radius 3 is 2.59 bits per heavy atom. The molecule has 2 bridgehead atoms. The number of anilines is 1. The molecular weight excluding hydrogens is 510 g/mol. The summed E-state index contributed by atoms with van der Waals surface area (Å²) in [7, 11) is 0. The number of nitrogens with zero attached hydrogens (tertiary/aromatic N) is 1. The van der Waals surface area contributed by atoms with Crippen LogP contribution in [0.3, 0.4) is 0 Å². The van der Waals surface area contributed by atoms with Gasteiger partial charge in [-0.3, -0.25) is 14.4 Å². The summed E-state index contributed by atoms with van der Waals surface area (Å²) >= 11 is 1.60. The summed E-state index contributed by atoms with van der Waals surface area (Å²) < 4.78 is 6.48. The Kier molecular flexibility index (Phi) is 7.02. The molecule has 0 unspecified atom stereocenters. The van der Waals surface area contributed by atoms with E-state index in [-0.39, 0.29) is 30.3 Å². The third kappa shape index (κ3) is 4.67. The predicted octanol–water partition coefficient (Wildman–Crippen LogP) is 4.46. The molecule has 2 N–H and O–H groups in total. The van der Waals surface area contributed by atoms with Crippen molar-refractivity contribution >= 4 is 35.2 Å². The third-order valence-corrected chi connectivity index (χ3v) is 9.41. The Labute approximate surface area is 233 Å². The van der Waals surface area contributed by atoms with E-state index < -0.39 is 29.6 Å². The van der Waals surface area contributed by atoms with Gasteiger partial charge in [0.15, 0.2) is 0 Å². The van der Waals surface area contributed by atoms with E-state index in [0.717, 1.165) is 41.7 Å². The Bertz CT molecular complexity index is 1310. The van der Waals surface area contributed by atoms with Crippen molar-refractivity contribution in [3.05, 3.63) is 71.8 Å². The number of carbonyl (C=O) groups excluding carboxylic acids is 3. The van der Waals surface area contributed by atoms with Crippen LogP contribution >= 0.6 is 11.8 Å². The molecule has 39 heavy (non-hydrogen) atoms. The van der Waals surface area contributed by atoms with E-state index >= 15 is 0 Å². The van der Waals surface area contributed by atoms with Crippen LogP contribution in [0.5, 0.6) is 0 Å². The van der Waals surface area contributed by atoms with Crippen LogP contribution in [-0.2, 0) is 25.7 Å². The number of ether oxygens (including phenoxy) is 1. The number of fused-ring (bicyclic) bond motifs is 1. The Morgan fingerprint density at radius 2 is 1.85 bits per heavy atom. The van der Waals surface area contributed by atoms with Crippen molar-refractivity contribution in [3.63, 3.8) is 0 Å². The largest absolute Gasteiger partial charge is 0.359 e. The molecule has 4 aliphatic rings. The Morgan fingerprint density at radius 1 is 1.08 bits per heavy atom. The van der Waals surface area contributed by atoms with Crippen molar-refractivity contribution in [2.24, 2.45) is 11.8 Å². The van der Waals surface area contributed by atoms with Gasteiger partial charge < -0.3 is 20.3 Å². The number of nitrogens with one attached hydrogen (secondary N) is 2. The zero-order chi connectivity index (χ0) is 27.1. The summed E-state index contributed by atoms with van der Waals surface area (Å²) in [6, 6.07) is 14.9. The summed E-state index contributed by atoms with van der Waals surface area (Å²) in [6.45, 7) is 2.30. The minimum atomic E-state index is -1.16.